The molecule has 184 valence electrons. The van der Waals surface area contributed by atoms with Crippen LogP contribution in [0.5, 0.6) is 5.75 Å². The van der Waals surface area contributed by atoms with Gasteiger partial charge in [-0.1, -0.05) is 18.2 Å². The Bertz CT molecular complexity index is 1170. The van der Waals surface area contributed by atoms with Crippen molar-refractivity contribution in [3.63, 3.8) is 0 Å². The van der Waals surface area contributed by atoms with Gasteiger partial charge < -0.3 is 20.3 Å². The molecular weight excluding hydrogens is 456 g/mol. The topological polar surface area (TPSA) is 92.4 Å². The summed E-state index contributed by atoms with van der Waals surface area (Å²) in [5.74, 6) is -1.32. The van der Waals surface area contributed by atoms with E-state index in [4.69, 9.17) is 4.74 Å². The van der Waals surface area contributed by atoms with Crippen LogP contribution in [0.15, 0.2) is 36.4 Å². The van der Waals surface area contributed by atoms with Gasteiger partial charge in [-0.25, -0.2) is 14.1 Å². The number of anilines is 1. The number of hydrogen-bond acceptors (Lipinski definition) is 6. The van der Waals surface area contributed by atoms with E-state index in [2.05, 4.69) is 15.4 Å². The fourth-order valence-electron chi connectivity index (χ4n) is 3.30. The van der Waals surface area contributed by atoms with E-state index in [1.165, 1.54) is 25.6 Å². The van der Waals surface area contributed by atoms with Crippen LogP contribution in [0, 0.1) is 12.7 Å². The smallest absolute Gasteiger partial charge is 0.425 e. The number of aliphatic hydroxyl groups is 2. The first-order valence-electron chi connectivity index (χ1n) is 10.4. The Morgan fingerprint density at radius 3 is 2.35 bits per heavy atom. The molecule has 0 aliphatic carbocycles. The van der Waals surface area contributed by atoms with Gasteiger partial charge in [-0.15, -0.1) is 0 Å². The van der Waals surface area contributed by atoms with Gasteiger partial charge in [0, 0.05) is 18.3 Å². The number of nitrogens with zero attached hydrogens (tertiary/aromatic N) is 3. The highest BCUT2D eigenvalue weighted by Gasteiger charge is 2.39. The number of nitrogens with one attached hydrogen (secondary N) is 1. The molecule has 0 radical (unpaired) electrons. The predicted molar refractivity (Wildman–Crippen MR) is 118 cm³/mol. The maximum Gasteiger partial charge on any atom is 0.425 e. The summed E-state index contributed by atoms with van der Waals surface area (Å²) in [7, 11) is 1.50. The van der Waals surface area contributed by atoms with Crippen LogP contribution in [0.1, 0.15) is 44.0 Å². The highest BCUT2D eigenvalue weighted by atomic mass is 19.4. The molecule has 3 N–H and O–H groups in total. The summed E-state index contributed by atoms with van der Waals surface area (Å²) in [6.07, 6.45) is -8.51. The number of aromatic nitrogens is 3. The molecule has 1 heterocycles. The second-order valence-electron chi connectivity index (χ2n) is 8.48. The number of benzene rings is 2. The molecule has 3 aromatic rings. The standard InChI is InChI=1S/C23H26F4N4O3/c1-12-8-6-7-9-17(12)28-20(32)15-10-16(24)14(11-18(15)34-13(2)23(25,26)27)19-29-21(22(3,4)33)31(5)30-19/h6-11,13,20,28,32-33H,1-5H3/t13-,20?/m0/s1. The number of alkyl halides is 3. The van der Waals surface area contributed by atoms with Gasteiger partial charge in [-0.05, 0) is 51.5 Å². The van der Waals surface area contributed by atoms with Crippen LogP contribution in [-0.4, -0.2) is 37.3 Å². The van der Waals surface area contributed by atoms with Crippen molar-refractivity contribution in [2.45, 2.75) is 51.8 Å². The van der Waals surface area contributed by atoms with E-state index < -0.39 is 35.7 Å². The monoisotopic (exact) mass is 482 g/mol. The Labute approximate surface area is 194 Å². The average molecular weight is 482 g/mol. The molecule has 1 aromatic heterocycles. The molecular formula is C23H26F4N4O3. The lowest BCUT2D eigenvalue weighted by molar-refractivity contribution is -0.189. The van der Waals surface area contributed by atoms with Gasteiger partial charge in [-0.3, -0.25) is 0 Å². The van der Waals surface area contributed by atoms with E-state index in [-0.39, 0.29) is 22.8 Å². The molecule has 0 aliphatic rings. The zero-order valence-electron chi connectivity index (χ0n) is 19.3. The van der Waals surface area contributed by atoms with Gasteiger partial charge in [0.05, 0.1) is 5.56 Å². The Kier molecular flexibility index (Phi) is 6.90. The summed E-state index contributed by atoms with van der Waals surface area (Å²) in [5.41, 5.74) is -0.604. The van der Waals surface area contributed by atoms with Crippen molar-refractivity contribution >= 4 is 5.69 Å². The van der Waals surface area contributed by atoms with Crippen LogP contribution in [0.4, 0.5) is 23.2 Å². The molecule has 1 unspecified atom stereocenters. The van der Waals surface area contributed by atoms with E-state index in [9.17, 15) is 23.4 Å². The summed E-state index contributed by atoms with van der Waals surface area (Å²) in [5, 5.41) is 27.8. The van der Waals surface area contributed by atoms with Gasteiger partial charge in [0.15, 0.2) is 24.0 Å². The van der Waals surface area contributed by atoms with Crippen molar-refractivity contribution in [3.8, 4) is 17.1 Å². The van der Waals surface area contributed by atoms with E-state index in [1.807, 2.05) is 0 Å². The predicted octanol–water partition coefficient (Wildman–Crippen LogP) is 4.59. The first-order chi connectivity index (χ1) is 15.7. The summed E-state index contributed by atoms with van der Waals surface area (Å²) in [6, 6.07) is 8.82. The number of aliphatic hydroxyl groups excluding tert-OH is 1. The molecule has 0 bridgehead atoms. The third-order valence-corrected chi connectivity index (χ3v) is 5.15. The lowest BCUT2D eigenvalue weighted by Gasteiger charge is -2.23. The van der Waals surface area contributed by atoms with Gasteiger partial charge in [-0.2, -0.15) is 18.3 Å². The quantitative estimate of drug-likeness (QED) is 0.337. The molecule has 0 saturated carbocycles. The molecule has 0 amide bonds. The lowest BCUT2D eigenvalue weighted by Crippen LogP contribution is -2.31. The van der Waals surface area contributed by atoms with E-state index in [0.717, 1.165) is 24.6 Å². The molecule has 2 atom stereocenters. The van der Waals surface area contributed by atoms with Crippen LogP contribution >= 0.6 is 0 Å². The first-order valence-corrected chi connectivity index (χ1v) is 10.4. The molecule has 0 spiro atoms. The van der Waals surface area contributed by atoms with E-state index in [1.54, 1.807) is 31.2 Å². The molecule has 7 nitrogen and oxygen atoms in total. The van der Waals surface area contributed by atoms with Gasteiger partial charge in [0.1, 0.15) is 17.2 Å². The maximum absolute atomic E-state index is 15.1. The van der Waals surface area contributed by atoms with Crippen LogP contribution in [0.25, 0.3) is 11.4 Å². The fourth-order valence-corrected chi connectivity index (χ4v) is 3.30. The van der Waals surface area contributed by atoms with Gasteiger partial charge >= 0.3 is 6.18 Å². The molecule has 0 saturated heterocycles. The molecule has 2 aromatic carbocycles. The minimum atomic E-state index is -4.70. The number of halogens is 4. The largest absolute Gasteiger partial charge is 0.481 e. The zero-order chi connectivity index (χ0) is 25.4. The van der Waals surface area contributed by atoms with Gasteiger partial charge in [0.2, 0.25) is 0 Å². The third-order valence-electron chi connectivity index (χ3n) is 5.15. The Balaban J connectivity index is 2.09. The maximum atomic E-state index is 15.1. The number of aryl methyl sites for hydroxylation is 2. The summed E-state index contributed by atoms with van der Waals surface area (Å²) in [4.78, 5) is 4.14. The van der Waals surface area contributed by atoms with Crippen molar-refractivity contribution in [1.29, 1.82) is 0 Å². The third kappa shape index (κ3) is 5.48. The molecule has 11 heteroatoms. The Morgan fingerprint density at radius 2 is 1.79 bits per heavy atom. The van der Waals surface area contributed by atoms with Crippen LogP contribution in [0.2, 0.25) is 0 Å². The van der Waals surface area contributed by atoms with Crippen LogP contribution in [0.3, 0.4) is 0 Å². The molecule has 0 fully saturated rings. The normalized spacial score (nSPS) is 14.1. The van der Waals surface area contributed by atoms with Crippen LogP contribution < -0.4 is 10.1 Å². The fraction of sp³-hybridized carbons (Fsp3) is 0.391. The number of para-hydroxylation sites is 1. The van der Waals surface area contributed by atoms with E-state index >= 15 is 4.39 Å². The minimum Gasteiger partial charge on any atom is -0.481 e. The summed E-state index contributed by atoms with van der Waals surface area (Å²) >= 11 is 0. The van der Waals surface area contributed by atoms with Crippen molar-refractivity contribution in [3.05, 3.63) is 59.2 Å². The zero-order valence-corrected chi connectivity index (χ0v) is 19.3. The second-order valence-corrected chi connectivity index (χ2v) is 8.48. The molecule has 3 rings (SSSR count). The second kappa shape index (κ2) is 9.22. The van der Waals surface area contributed by atoms with E-state index in [0.29, 0.717) is 5.69 Å². The molecule has 0 aliphatic heterocycles. The van der Waals surface area contributed by atoms with Crippen molar-refractivity contribution in [2.24, 2.45) is 7.05 Å². The lowest BCUT2D eigenvalue weighted by atomic mass is 10.1. The average Bonchev–Trinajstić information content (AvgIpc) is 3.11. The molecule has 34 heavy (non-hydrogen) atoms. The van der Waals surface area contributed by atoms with Crippen molar-refractivity contribution < 1.29 is 32.5 Å². The SMILES string of the molecule is Cc1ccccc1NC(O)c1cc(F)c(-c2nc(C(C)(C)O)n(C)n2)cc1O[C@@H](C)C(F)(F)F. The van der Waals surface area contributed by atoms with Crippen LogP contribution in [-0.2, 0) is 12.6 Å². The van der Waals surface area contributed by atoms with Crippen molar-refractivity contribution in [1.82, 2.24) is 14.8 Å². The summed E-state index contributed by atoms with van der Waals surface area (Å²) < 4.78 is 61.2. The highest BCUT2D eigenvalue weighted by Crippen LogP contribution is 2.36. The summed E-state index contributed by atoms with van der Waals surface area (Å²) in [6.45, 7) is 5.51. The Morgan fingerprint density at radius 1 is 1.15 bits per heavy atom. The minimum absolute atomic E-state index is 0.123. The Hall–Kier alpha value is -3.18. The van der Waals surface area contributed by atoms with Crippen molar-refractivity contribution in [2.75, 3.05) is 5.32 Å². The number of ether oxygens (including phenoxy) is 1. The van der Waals surface area contributed by atoms with Gasteiger partial charge in [0.25, 0.3) is 0 Å². The highest BCUT2D eigenvalue weighted by molar-refractivity contribution is 5.62. The number of hydrogen-bond donors (Lipinski definition) is 3. The first kappa shape index (κ1) is 25.4. The number of rotatable bonds is 7.